The number of hydrogen-bond acceptors (Lipinski definition) is 8. The number of rotatable bonds is 7. The van der Waals surface area contributed by atoms with Crippen molar-refractivity contribution in [2.45, 2.75) is 18.9 Å². The molecule has 1 aliphatic heterocycles. The molecule has 0 radical (unpaired) electrons. The van der Waals surface area contributed by atoms with Gasteiger partial charge in [-0.2, -0.15) is 5.10 Å². The number of aryl methyl sites for hydroxylation is 1. The molecule has 10 nitrogen and oxygen atoms in total. The highest BCUT2D eigenvalue weighted by Gasteiger charge is 2.25. The number of anilines is 2. The van der Waals surface area contributed by atoms with Crippen molar-refractivity contribution < 1.29 is 9.47 Å². The molecule has 0 bridgehead atoms. The Balaban J connectivity index is 1.26. The maximum Gasteiger partial charge on any atom is 0.228 e. The quantitative estimate of drug-likeness (QED) is 0.385. The Hall–Kier alpha value is -4.31. The number of ether oxygens (including phenoxy) is 2. The summed E-state index contributed by atoms with van der Waals surface area (Å²) in [5, 5.41) is 16.3. The summed E-state index contributed by atoms with van der Waals surface area (Å²) in [7, 11) is 1.86. The van der Waals surface area contributed by atoms with Gasteiger partial charge in [0.1, 0.15) is 11.6 Å². The molecule has 0 saturated heterocycles. The lowest BCUT2D eigenvalue weighted by atomic mass is 10.1. The highest BCUT2D eigenvalue weighted by molar-refractivity contribution is 5.67. The van der Waals surface area contributed by atoms with Crippen molar-refractivity contribution in [1.82, 2.24) is 34.3 Å². The minimum absolute atomic E-state index is 0.0922. The van der Waals surface area contributed by atoms with Crippen LogP contribution in [0, 0.1) is 0 Å². The summed E-state index contributed by atoms with van der Waals surface area (Å²) in [5.41, 5.74) is 3.49. The maximum absolute atomic E-state index is 6.12. The van der Waals surface area contributed by atoms with Crippen LogP contribution in [-0.2, 0) is 18.4 Å². The molecule has 6 rings (SSSR count). The van der Waals surface area contributed by atoms with Gasteiger partial charge in [0.25, 0.3) is 0 Å². The van der Waals surface area contributed by atoms with E-state index in [0.717, 1.165) is 34.9 Å². The zero-order chi connectivity index (χ0) is 23.6. The van der Waals surface area contributed by atoms with Crippen molar-refractivity contribution in [3.8, 4) is 17.1 Å². The van der Waals surface area contributed by atoms with Gasteiger partial charge in [-0.3, -0.25) is 4.68 Å². The Morgan fingerprint density at radius 1 is 1.09 bits per heavy atom. The number of aromatic nitrogens is 7. The molecule has 5 heterocycles. The average molecular weight is 469 g/mol. The van der Waals surface area contributed by atoms with Gasteiger partial charge in [-0.1, -0.05) is 30.3 Å². The van der Waals surface area contributed by atoms with Crippen molar-refractivity contribution >= 4 is 17.4 Å². The van der Waals surface area contributed by atoms with Gasteiger partial charge in [0.15, 0.2) is 5.65 Å². The largest absolute Gasteiger partial charge is 0.478 e. The van der Waals surface area contributed by atoms with Crippen LogP contribution in [0.5, 0.6) is 5.88 Å². The van der Waals surface area contributed by atoms with Gasteiger partial charge in [-0.25, -0.2) is 14.4 Å². The molecular weight excluding hydrogens is 444 g/mol. The van der Waals surface area contributed by atoms with Gasteiger partial charge in [-0.05, 0) is 24.1 Å². The SMILES string of the molecule is Cn1nccc1Nc1nccc(-c2cc3n4c(nnc4c2)[C@@H](COCc2ccccc2)CCO3)n1. The van der Waals surface area contributed by atoms with E-state index in [-0.39, 0.29) is 5.92 Å². The Morgan fingerprint density at radius 3 is 2.86 bits per heavy atom. The molecule has 5 aromatic rings. The molecule has 0 unspecified atom stereocenters. The van der Waals surface area contributed by atoms with Gasteiger partial charge in [-0.15, -0.1) is 10.2 Å². The molecule has 0 aliphatic carbocycles. The molecule has 0 spiro atoms. The second-order valence-corrected chi connectivity index (χ2v) is 8.40. The van der Waals surface area contributed by atoms with Gasteiger partial charge in [0, 0.05) is 36.9 Å². The summed E-state index contributed by atoms with van der Waals surface area (Å²) in [6.07, 6.45) is 4.24. The van der Waals surface area contributed by atoms with Crippen LogP contribution >= 0.6 is 0 Å². The third-order valence-electron chi connectivity index (χ3n) is 6.02. The minimum atomic E-state index is 0.0922. The van der Waals surface area contributed by atoms with Crippen molar-refractivity contribution in [2.75, 3.05) is 18.5 Å². The fourth-order valence-electron chi connectivity index (χ4n) is 4.20. The van der Waals surface area contributed by atoms with E-state index in [1.165, 1.54) is 0 Å². The fourth-order valence-corrected chi connectivity index (χ4v) is 4.20. The van der Waals surface area contributed by atoms with Gasteiger partial charge in [0.2, 0.25) is 11.8 Å². The topological polar surface area (TPSA) is 104 Å². The van der Waals surface area contributed by atoms with E-state index in [2.05, 4.69) is 42.7 Å². The van der Waals surface area contributed by atoms with Crippen molar-refractivity contribution in [2.24, 2.45) is 7.05 Å². The second-order valence-electron chi connectivity index (χ2n) is 8.40. The molecule has 0 saturated carbocycles. The van der Waals surface area contributed by atoms with E-state index >= 15 is 0 Å². The molecule has 4 aromatic heterocycles. The first-order chi connectivity index (χ1) is 17.2. The Labute approximate surface area is 201 Å². The van der Waals surface area contributed by atoms with E-state index in [0.29, 0.717) is 37.3 Å². The predicted octanol–water partition coefficient (Wildman–Crippen LogP) is 3.75. The van der Waals surface area contributed by atoms with Gasteiger partial charge >= 0.3 is 0 Å². The first-order valence-electron chi connectivity index (χ1n) is 11.5. The summed E-state index contributed by atoms with van der Waals surface area (Å²) in [6.45, 7) is 1.68. The van der Waals surface area contributed by atoms with Crippen LogP contribution in [0.3, 0.4) is 0 Å². The summed E-state index contributed by atoms with van der Waals surface area (Å²) < 4.78 is 15.8. The third kappa shape index (κ3) is 4.31. The van der Waals surface area contributed by atoms with Crippen molar-refractivity contribution in [3.05, 3.63) is 78.4 Å². The first-order valence-corrected chi connectivity index (χ1v) is 11.5. The van der Waals surface area contributed by atoms with E-state index < -0.39 is 0 Å². The zero-order valence-corrected chi connectivity index (χ0v) is 19.2. The van der Waals surface area contributed by atoms with Crippen LogP contribution in [0.4, 0.5) is 11.8 Å². The molecule has 1 aromatic carbocycles. The Bertz CT molecular complexity index is 1460. The number of nitrogens with zero attached hydrogens (tertiary/aromatic N) is 7. The van der Waals surface area contributed by atoms with Crippen molar-refractivity contribution in [1.29, 1.82) is 0 Å². The lowest BCUT2D eigenvalue weighted by molar-refractivity contribution is 0.100. The number of benzene rings is 1. The summed E-state index contributed by atoms with van der Waals surface area (Å²) in [4.78, 5) is 9.01. The maximum atomic E-state index is 6.12. The molecule has 0 fully saturated rings. The van der Waals surface area contributed by atoms with Crippen LogP contribution in [0.2, 0.25) is 0 Å². The second kappa shape index (κ2) is 9.15. The smallest absolute Gasteiger partial charge is 0.228 e. The highest BCUT2D eigenvalue weighted by Crippen LogP contribution is 2.32. The predicted molar refractivity (Wildman–Crippen MR) is 129 cm³/mol. The molecule has 10 heteroatoms. The molecule has 0 amide bonds. The molecule has 35 heavy (non-hydrogen) atoms. The minimum Gasteiger partial charge on any atom is -0.478 e. The molecule has 1 atom stereocenters. The molecule has 1 N–H and O–H groups in total. The van der Waals surface area contributed by atoms with E-state index in [1.54, 1.807) is 17.1 Å². The van der Waals surface area contributed by atoms with Crippen LogP contribution in [0.25, 0.3) is 16.9 Å². The monoisotopic (exact) mass is 468 g/mol. The first kappa shape index (κ1) is 21.2. The Morgan fingerprint density at radius 2 is 2.00 bits per heavy atom. The molecular formula is C25H24N8O2. The lowest BCUT2D eigenvalue weighted by Gasteiger charge is -2.12. The van der Waals surface area contributed by atoms with E-state index in [9.17, 15) is 0 Å². The summed E-state index contributed by atoms with van der Waals surface area (Å²) >= 11 is 0. The standard InChI is InChI=1S/C25H24N8O2/c1-32-21(8-11-27-32)29-25-26-10-7-20(28-25)19-13-22-30-31-24-18(9-12-35-23(14-19)33(22)24)16-34-15-17-5-3-2-4-6-17/h2-8,10-11,13-14,18H,9,12,15-16H2,1H3,(H,26,28,29)/t18-/m1/s1. The molecule has 1 aliphatic rings. The third-order valence-corrected chi connectivity index (χ3v) is 6.02. The van der Waals surface area contributed by atoms with Crippen molar-refractivity contribution in [3.63, 3.8) is 0 Å². The fraction of sp³-hybridized carbons (Fsp3) is 0.240. The number of pyridine rings is 1. The van der Waals surface area contributed by atoms with Crippen LogP contribution in [0.15, 0.2) is 67.0 Å². The average Bonchev–Trinajstić information content (AvgIpc) is 3.45. The number of hydrogen-bond donors (Lipinski definition) is 1. The van der Waals surface area contributed by atoms with Gasteiger partial charge in [0.05, 0.1) is 31.7 Å². The zero-order valence-electron chi connectivity index (χ0n) is 19.2. The number of nitrogens with one attached hydrogen (secondary N) is 1. The van der Waals surface area contributed by atoms with Gasteiger partial charge < -0.3 is 14.8 Å². The molecule has 176 valence electrons. The Kier molecular flexibility index (Phi) is 5.55. The summed E-state index contributed by atoms with van der Waals surface area (Å²) in [6, 6.07) is 17.8. The van der Waals surface area contributed by atoms with Crippen LogP contribution < -0.4 is 10.1 Å². The van der Waals surface area contributed by atoms with E-state index in [1.807, 2.05) is 53.9 Å². The van der Waals surface area contributed by atoms with E-state index in [4.69, 9.17) is 9.47 Å². The normalized spacial score (nSPS) is 15.1. The van der Waals surface area contributed by atoms with Crippen LogP contribution in [0.1, 0.15) is 23.7 Å². The lowest BCUT2D eigenvalue weighted by Crippen LogP contribution is -2.12. The summed E-state index contributed by atoms with van der Waals surface area (Å²) in [5.74, 6) is 2.93. The van der Waals surface area contributed by atoms with Crippen LogP contribution in [-0.4, -0.2) is 47.6 Å². The highest BCUT2D eigenvalue weighted by atomic mass is 16.5.